The summed E-state index contributed by atoms with van der Waals surface area (Å²) in [6.45, 7) is 3.34. The lowest BCUT2D eigenvalue weighted by atomic mass is 9.93. The number of nitrogens with one attached hydrogen (secondary N) is 1. The van der Waals surface area contributed by atoms with Gasteiger partial charge in [-0.05, 0) is 49.1 Å². The Hall–Kier alpha value is -0.530. The van der Waals surface area contributed by atoms with Crippen LogP contribution in [-0.2, 0) is 6.42 Å². The Morgan fingerprint density at radius 2 is 2.27 bits per heavy atom. The molecule has 1 aliphatic heterocycles. The van der Waals surface area contributed by atoms with E-state index in [4.69, 9.17) is 11.6 Å². The van der Waals surface area contributed by atoms with Crippen molar-refractivity contribution in [2.24, 2.45) is 0 Å². The van der Waals surface area contributed by atoms with Crippen LogP contribution in [0.15, 0.2) is 18.2 Å². The highest BCUT2D eigenvalue weighted by molar-refractivity contribution is 6.30. The van der Waals surface area contributed by atoms with Crippen molar-refractivity contribution in [3.05, 3.63) is 34.3 Å². The Morgan fingerprint density at radius 3 is 2.93 bits per heavy atom. The van der Waals surface area contributed by atoms with E-state index < -0.39 is 0 Å². The fraction of sp³-hybridized carbons (Fsp3) is 0.538. The zero-order valence-corrected chi connectivity index (χ0v) is 9.98. The van der Waals surface area contributed by atoms with Crippen molar-refractivity contribution < 1.29 is 0 Å². The highest BCUT2D eigenvalue weighted by atomic mass is 35.5. The van der Waals surface area contributed by atoms with E-state index in [9.17, 15) is 0 Å². The number of benzene rings is 1. The molecule has 0 saturated carbocycles. The van der Waals surface area contributed by atoms with Gasteiger partial charge in [0, 0.05) is 11.1 Å². The second-order valence-corrected chi connectivity index (χ2v) is 4.64. The van der Waals surface area contributed by atoms with Crippen molar-refractivity contribution in [2.75, 3.05) is 6.54 Å². The first kappa shape index (κ1) is 11.0. The topological polar surface area (TPSA) is 12.0 Å². The molecule has 0 bridgehead atoms. The second kappa shape index (κ2) is 5.00. The average molecular weight is 224 g/mol. The number of halogens is 1. The molecule has 0 aliphatic carbocycles. The summed E-state index contributed by atoms with van der Waals surface area (Å²) in [6, 6.07) is 6.80. The monoisotopic (exact) mass is 223 g/mol. The third-order valence-corrected chi connectivity index (χ3v) is 3.41. The molecule has 15 heavy (non-hydrogen) atoms. The highest BCUT2D eigenvalue weighted by Crippen LogP contribution is 2.28. The Bertz CT molecular complexity index is 329. The maximum absolute atomic E-state index is 6.07. The van der Waals surface area contributed by atoms with Crippen LogP contribution in [0, 0.1) is 0 Å². The number of hydrogen-bond acceptors (Lipinski definition) is 1. The molecular weight excluding hydrogens is 206 g/mol. The van der Waals surface area contributed by atoms with Gasteiger partial charge in [0.1, 0.15) is 0 Å². The molecule has 1 aromatic rings. The van der Waals surface area contributed by atoms with Gasteiger partial charge in [0.15, 0.2) is 0 Å². The summed E-state index contributed by atoms with van der Waals surface area (Å²) in [7, 11) is 0. The van der Waals surface area contributed by atoms with Gasteiger partial charge in [-0.3, -0.25) is 0 Å². The van der Waals surface area contributed by atoms with Crippen molar-refractivity contribution in [1.82, 2.24) is 5.32 Å². The van der Waals surface area contributed by atoms with E-state index in [0.717, 1.165) is 18.0 Å². The summed E-state index contributed by atoms with van der Waals surface area (Å²) in [5.41, 5.74) is 2.84. The second-order valence-electron chi connectivity index (χ2n) is 4.20. The molecule has 1 atom stereocenters. The van der Waals surface area contributed by atoms with E-state index in [1.165, 1.54) is 30.4 Å². The molecule has 82 valence electrons. The first-order valence-corrected chi connectivity index (χ1v) is 6.20. The van der Waals surface area contributed by atoms with Crippen LogP contribution < -0.4 is 5.32 Å². The number of hydrogen-bond donors (Lipinski definition) is 1. The molecule has 1 aromatic carbocycles. The van der Waals surface area contributed by atoms with Crippen molar-refractivity contribution in [3.63, 3.8) is 0 Å². The van der Waals surface area contributed by atoms with Crippen LogP contribution in [0.5, 0.6) is 0 Å². The summed E-state index contributed by atoms with van der Waals surface area (Å²) in [5, 5.41) is 4.43. The van der Waals surface area contributed by atoms with Crippen molar-refractivity contribution in [3.8, 4) is 0 Å². The normalized spacial score (nSPS) is 21.6. The van der Waals surface area contributed by atoms with E-state index in [0.29, 0.717) is 6.04 Å². The summed E-state index contributed by atoms with van der Waals surface area (Å²) in [6.07, 6.45) is 4.96. The molecule has 1 aliphatic rings. The fourth-order valence-corrected chi connectivity index (χ4v) is 2.51. The molecule has 0 amide bonds. The molecular formula is C13H18ClN. The van der Waals surface area contributed by atoms with Gasteiger partial charge >= 0.3 is 0 Å². The van der Waals surface area contributed by atoms with Gasteiger partial charge in [-0.25, -0.2) is 0 Å². The number of piperidine rings is 1. The minimum Gasteiger partial charge on any atom is -0.310 e. The van der Waals surface area contributed by atoms with E-state index >= 15 is 0 Å². The lowest BCUT2D eigenvalue weighted by Crippen LogP contribution is -2.27. The lowest BCUT2D eigenvalue weighted by Gasteiger charge is -2.26. The van der Waals surface area contributed by atoms with Gasteiger partial charge < -0.3 is 5.32 Å². The first-order chi connectivity index (χ1) is 7.31. The summed E-state index contributed by atoms with van der Waals surface area (Å²) in [5.74, 6) is 0. The van der Waals surface area contributed by atoms with Crippen LogP contribution in [0.2, 0.25) is 5.02 Å². The van der Waals surface area contributed by atoms with Crippen LogP contribution in [0.4, 0.5) is 0 Å². The fourth-order valence-electron chi connectivity index (χ4n) is 2.33. The largest absolute Gasteiger partial charge is 0.310 e. The standard InChI is InChI=1S/C13H18ClN/c1-2-10-6-7-11(14)9-12(10)13-5-3-4-8-15-13/h6-7,9,13,15H,2-5,8H2,1H3. The summed E-state index contributed by atoms with van der Waals surface area (Å²) >= 11 is 6.07. The SMILES string of the molecule is CCc1ccc(Cl)cc1C1CCCCN1. The third kappa shape index (κ3) is 2.53. The minimum absolute atomic E-state index is 0.521. The Kier molecular flexibility index (Phi) is 3.66. The molecule has 1 nitrogen and oxygen atoms in total. The maximum atomic E-state index is 6.07. The predicted molar refractivity (Wildman–Crippen MR) is 65.4 cm³/mol. The Balaban J connectivity index is 2.27. The van der Waals surface area contributed by atoms with Gasteiger partial charge in [0.05, 0.1) is 0 Å². The predicted octanol–water partition coefficient (Wildman–Crippen LogP) is 3.72. The van der Waals surface area contributed by atoms with Gasteiger partial charge in [0.25, 0.3) is 0 Å². The number of aryl methyl sites for hydroxylation is 1. The smallest absolute Gasteiger partial charge is 0.0409 e. The first-order valence-electron chi connectivity index (χ1n) is 5.83. The molecule has 2 rings (SSSR count). The summed E-state index contributed by atoms with van der Waals surface area (Å²) < 4.78 is 0. The van der Waals surface area contributed by atoms with Crippen LogP contribution in [0.1, 0.15) is 43.4 Å². The molecule has 2 heteroatoms. The molecule has 0 spiro atoms. The molecule has 1 N–H and O–H groups in total. The van der Waals surface area contributed by atoms with Crippen molar-refractivity contribution >= 4 is 11.6 Å². The zero-order valence-electron chi connectivity index (χ0n) is 9.22. The molecule has 0 aromatic heterocycles. The number of rotatable bonds is 2. The van der Waals surface area contributed by atoms with Gasteiger partial charge in [-0.15, -0.1) is 0 Å². The molecule has 1 fully saturated rings. The molecule has 0 radical (unpaired) electrons. The van der Waals surface area contributed by atoms with Gasteiger partial charge in [-0.1, -0.05) is 31.0 Å². The van der Waals surface area contributed by atoms with Crippen LogP contribution in [-0.4, -0.2) is 6.54 Å². The summed E-state index contributed by atoms with van der Waals surface area (Å²) in [4.78, 5) is 0. The van der Waals surface area contributed by atoms with E-state index in [-0.39, 0.29) is 0 Å². The van der Waals surface area contributed by atoms with Gasteiger partial charge in [0.2, 0.25) is 0 Å². The van der Waals surface area contributed by atoms with Crippen molar-refractivity contribution in [1.29, 1.82) is 0 Å². The van der Waals surface area contributed by atoms with Crippen molar-refractivity contribution in [2.45, 2.75) is 38.6 Å². The van der Waals surface area contributed by atoms with E-state index in [1.54, 1.807) is 0 Å². The lowest BCUT2D eigenvalue weighted by molar-refractivity contribution is 0.410. The van der Waals surface area contributed by atoms with E-state index in [2.05, 4.69) is 24.4 Å². The van der Waals surface area contributed by atoms with Crippen LogP contribution in [0.3, 0.4) is 0 Å². The molecule has 1 heterocycles. The van der Waals surface area contributed by atoms with Crippen LogP contribution >= 0.6 is 11.6 Å². The highest BCUT2D eigenvalue weighted by Gasteiger charge is 2.17. The third-order valence-electron chi connectivity index (χ3n) is 3.17. The van der Waals surface area contributed by atoms with Gasteiger partial charge in [-0.2, -0.15) is 0 Å². The average Bonchev–Trinajstić information content (AvgIpc) is 2.30. The zero-order chi connectivity index (χ0) is 10.7. The maximum Gasteiger partial charge on any atom is 0.0409 e. The Morgan fingerprint density at radius 1 is 1.40 bits per heavy atom. The quantitative estimate of drug-likeness (QED) is 0.806. The molecule has 1 unspecified atom stereocenters. The minimum atomic E-state index is 0.521. The molecule has 1 saturated heterocycles. The van der Waals surface area contributed by atoms with E-state index in [1.807, 2.05) is 6.07 Å². The van der Waals surface area contributed by atoms with Crippen LogP contribution in [0.25, 0.3) is 0 Å². The Labute approximate surface area is 96.8 Å².